The molecule has 1 N–H and O–H groups in total. The predicted octanol–water partition coefficient (Wildman–Crippen LogP) is 2.83. The van der Waals surface area contributed by atoms with E-state index in [1.807, 2.05) is 6.92 Å². The van der Waals surface area contributed by atoms with Crippen LogP contribution >= 0.6 is 11.3 Å². The molecular weight excluding hydrogens is 251 g/mol. The molecule has 0 atom stereocenters. The fourth-order valence-corrected chi connectivity index (χ4v) is 2.35. The van der Waals surface area contributed by atoms with Crippen molar-refractivity contribution in [1.82, 2.24) is 10.3 Å². The molecule has 0 aliphatic rings. The van der Waals surface area contributed by atoms with Gasteiger partial charge < -0.3 is 5.32 Å². The molecule has 3 nitrogen and oxygen atoms in total. The highest BCUT2D eigenvalue weighted by Gasteiger charge is 2.10. The first-order valence-electron chi connectivity index (χ1n) is 5.51. The number of aryl methyl sites for hydroxylation is 2. The normalized spacial score (nSPS) is 10.4. The average molecular weight is 264 g/mol. The van der Waals surface area contributed by atoms with Gasteiger partial charge in [0.25, 0.3) is 5.91 Å². The molecule has 0 saturated heterocycles. The molecule has 2 aromatic rings. The van der Waals surface area contributed by atoms with E-state index >= 15 is 0 Å². The molecule has 1 amide bonds. The number of benzene rings is 1. The molecular formula is C13H13FN2OS. The second-order valence-electron chi connectivity index (χ2n) is 4.00. The van der Waals surface area contributed by atoms with E-state index in [1.54, 1.807) is 12.4 Å². The Labute approximate surface area is 109 Å². The maximum Gasteiger partial charge on any atom is 0.251 e. The van der Waals surface area contributed by atoms with Crippen molar-refractivity contribution in [3.05, 3.63) is 51.2 Å². The van der Waals surface area contributed by atoms with Gasteiger partial charge >= 0.3 is 0 Å². The number of hydrogen-bond donors (Lipinski definition) is 1. The van der Waals surface area contributed by atoms with E-state index < -0.39 is 0 Å². The van der Waals surface area contributed by atoms with E-state index in [9.17, 15) is 9.18 Å². The second-order valence-corrected chi connectivity index (χ2v) is 4.94. The van der Waals surface area contributed by atoms with E-state index in [0.29, 0.717) is 17.7 Å². The van der Waals surface area contributed by atoms with Crippen molar-refractivity contribution in [2.45, 2.75) is 20.4 Å². The van der Waals surface area contributed by atoms with E-state index in [-0.39, 0.29) is 11.7 Å². The van der Waals surface area contributed by atoms with Crippen molar-refractivity contribution in [3.63, 3.8) is 0 Å². The molecule has 0 aliphatic carbocycles. The van der Waals surface area contributed by atoms with Gasteiger partial charge in [-0.2, -0.15) is 0 Å². The number of halogens is 1. The summed E-state index contributed by atoms with van der Waals surface area (Å²) < 4.78 is 12.9. The first kappa shape index (κ1) is 12.7. The Hall–Kier alpha value is -1.75. The molecule has 0 radical (unpaired) electrons. The summed E-state index contributed by atoms with van der Waals surface area (Å²) in [4.78, 5) is 17.1. The van der Waals surface area contributed by atoms with Gasteiger partial charge in [0.15, 0.2) is 0 Å². The third kappa shape index (κ3) is 2.73. The molecule has 0 fully saturated rings. The molecule has 1 aromatic heterocycles. The monoisotopic (exact) mass is 264 g/mol. The number of nitrogens with zero attached hydrogens (tertiary/aromatic N) is 1. The minimum Gasteiger partial charge on any atom is -0.347 e. The number of carbonyl (C=O) groups is 1. The Balaban J connectivity index is 2.06. The third-order valence-electron chi connectivity index (χ3n) is 2.69. The minimum atomic E-state index is -0.331. The number of aromatic nitrogens is 1. The zero-order chi connectivity index (χ0) is 13.1. The summed E-state index contributed by atoms with van der Waals surface area (Å²) in [6, 6.07) is 4.15. The summed E-state index contributed by atoms with van der Waals surface area (Å²) in [7, 11) is 0. The Morgan fingerprint density at radius 2 is 2.22 bits per heavy atom. The number of amides is 1. The quantitative estimate of drug-likeness (QED) is 0.926. The predicted molar refractivity (Wildman–Crippen MR) is 69.2 cm³/mol. The SMILES string of the molecule is Cc1cc(F)ccc1C(=O)NCc1scnc1C. The first-order valence-corrected chi connectivity index (χ1v) is 6.39. The van der Waals surface area contributed by atoms with Crippen LogP contribution in [0.4, 0.5) is 4.39 Å². The van der Waals surface area contributed by atoms with Crippen molar-refractivity contribution in [3.8, 4) is 0 Å². The van der Waals surface area contributed by atoms with Gasteiger partial charge in [0, 0.05) is 10.4 Å². The molecule has 2 rings (SSSR count). The van der Waals surface area contributed by atoms with Crippen LogP contribution in [0, 0.1) is 19.7 Å². The third-order valence-corrected chi connectivity index (χ3v) is 3.62. The Bertz CT molecular complexity index is 580. The highest BCUT2D eigenvalue weighted by Crippen LogP contribution is 2.13. The average Bonchev–Trinajstić information content (AvgIpc) is 2.72. The lowest BCUT2D eigenvalue weighted by molar-refractivity contribution is 0.0950. The topological polar surface area (TPSA) is 42.0 Å². The molecule has 1 heterocycles. The highest BCUT2D eigenvalue weighted by molar-refractivity contribution is 7.09. The van der Waals surface area contributed by atoms with Crippen LogP contribution in [-0.2, 0) is 6.54 Å². The summed E-state index contributed by atoms with van der Waals surface area (Å²) in [6.45, 7) is 4.07. The summed E-state index contributed by atoms with van der Waals surface area (Å²) >= 11 is 1.51. The van der Waals surface area contributed by atoms with Crippen molar-refractivity contribution < 1.29 is 9.18 Å². The molecule has 0 saturated carbocycles. The molecule has 5 heteroatoms. The Morgan fingerprint density at radius 3 is 2.83 bits per heavy atom. The van der Waals surface area contributed by atoms with Gasteiger partial charge in [-0.3, -0.25) is 4.79 Å². The first-order chi connectivity index (χ1) is 8.58. The molecule has 0 aliphatic heterocycles. The van der Waals surface area contributed by atoms with E-state index in [1.165, 1.54) is 29.5 Å². The standard InChI is InChI=1S/C13H13FN2OS/c1-8-5-10(14)3-4-11(8)13(17)15-6-12-9(2)16-7-18-12/h3-5,7H,6H2,1-2H3,(H,15,17). The summed E-state index contributed by atoms with van der Waals surface area (Å²) in [5.41, 5.74) is 3.81. The van der Waals surface area contributed by atoms with Crippen LogP contribution in [-0.4, -0.2) is 10.9 Å². The van der Waals surface area contributed by atoms with Gasteiger partial charge in [0.2, 0.25) is 0 Å². The zero-order valence-corrected chi connectivity index (χ0v) is 11.0. The van der Waals surface area contributed by atoms with Crippen molar-refractivity contribution in [2.24, 2.45) is 0 Å². The number of rotatable bonds is 3. The van der Waals surface area contributed by atoms with E-state index in [0.717, 1.165) is 10.6 Å². The molecule has 18 heavy (non-hydrogen) atoms. The molecule has 94 valence electrons. The van der Waals surface area contributed by atoms with Crippen LogP contribution in [0.3, 0.4) is 0 Å². The smallest absolute Gasteiger partial charge is 0.251 e. The fraction of sp³-hybridized carbons (Fsp3) is 0.231. The lowest BCUT2D eigenvalue weighted by atomic mass is 10.1. The largest absolute Gasteiger partial charge is 0.347 e. The van der Waals surface area contributed by atoms with E-state index in [4.69, 9.17) is 0 Å². The fourth-order valence-electron chi connectivity index (χ4n) is 1.63. The van der Waals surface area contributed by atoms with Crippen LogP contribution in [0.1, 0.15) is 26.5 Å². The maximum absolute atomic E-state index is 12.9. The molecule has 0 bridgehead atoms. The second kappa shape index (κ2) is 5.27. The van der Waals surface area contributed by atoms with Crippen LogP contribution in [0.25, 0.3) is 0 Å². The van der Waals surface area contributed by atoms with E-state index in [2.05, 4.69) is 10.3 Å². The summed E-state index contributed by atoms with van der Waals surface area (Å²) in [6.07, 6.45) is 0. The molecule has 1 aromatic carbocycles. The lowest BCUT2D eigenvalue weighted by Gasteiger charge is -2.07. The summed E-state index contributed by atoms with van der Waals surface area (Å²) in [5, 5.41) is 2.81. The number of hydrogen-bond acceptors (Lipinski definition) is 3. The highest BCUT2D eigenvalue weighted by atomic mass is 32.1. The van der Waals surface area contributed by atoms with Crippen LogP contribution < -0.4 is 5.32 Å². The zero-order valence-electron chi connectivity index (χ0n) is 10.2. The van der Waals surface area contributed by atoms with Crippen LogP contribution in [0.15, 0.2) is 23.7 Å². The number of nitrogens with one attached hydrogen (secondary N) is 1. The van der Waals surface area contributed by atoms with Gasteiger partial charge in [0.1, 0.15) is 5.82 Å². The lowest BCUT2D eigenvalue weighted by Crippen LogP contribution is -2.23. The van der Waals surface area contributed by atoms with Crippen molar-refractivity contribution >= 4 is 17.2 Å². The van der Waals surface area contributed by atoms with Gasteiger partial charge in [-0.15, -0.1) is 11.3 Å². The number of carbonyl (C=O) groups excluding carboxylic acids is 1. The van der Waals surface area contributed by atoms with Gasteiger partial charge in [-0.25, -0.2) is 9.37 Å². The minimum absolute atomic E-state index is 0.194. The van der Waals surface area contributed by atoms with Crippen LogP contribution in [0.5, 0.6) is 0 Å². The van der Waals surface area contributed by atoms with Gasteiger partial charge in [0.05, 0.1) is 17.7 Å². The van der Waals surface area contributed by atoms with Gasteiger partial charge in [-0.1, -0.05) is 0 Å². The Morgan fingerprint density at radius 1 is 1.44 bits per heavy atom. The molecule has 0 unspecified atom stereocenters. The van der Waals surface area contributed by atoms with Crippen molar-refractivity contribution in [1.29, 1.82) is 0 Å². The Kier molecular flexibility index (Phi) is 3.72. The maximum atomic E-state index is 12.9. The van der Waals surface area contributed by atoms with Crippen LogP contribution in [0.2, 0.25) is 0 Å². The summed E-state index contributed by atoms with van der Waals surface area (Å²) in [5.74, 6) is -0.525. The number of thiazole rings is 1. The molecule has 0 spiro atoms. The van der Waals surface area contributed by atoms with Crippen molar-refractivity contribution in [2.75, 3.05) is 0 Å². The van der Waals surface area contributed by atoms with Gasteiger partial charge in [-0.05, 0) is 37.6 Å².